The Morgan fingerprint density at radius 3 is 2.73 bits per heavy atom. The van der Waals surface area contributed by atoms with Crippen LogP contribution in [0.4, 0.5) is 0 Å². The third-order valence-corrected chi connectivity index (χ3v) is 2.15. The van der Waals surface area contributed by atoms with E-state index in [9.17, 15) is 4.79 Å². The van der Waals surface area contributed by atoms with Crippen LogP contribution in [-0.4, -0.2) is 26.2 Å². The zero-order valence-corrected chi connectivity index (χ0v) is 7.14. The van der Waals surface area contributed by atoms with Gasteiger partial charge in [0.1, 0.15) is 0 Å². The molecule has 3 nitrogen and oxygen atoms in total. The molecule has 3 heteroatoms. The number of hydrogen-bond acceptors (Lipinski definition) is 3. The molecule has 0 heterocycles. The maximum Gasteiger partial charge on any atom is 0.319 e. The molecule has 1 N–H and O–H groups in total. The van der Waals surface area contributed by atoms with Crippen LogP contribution in [0.25, 0.3) is 0 Å². The van der Waals surface area contributed by atoms with Crippen molar-refractivity contribution in [2.75, 3.05) is 20.2 Å². The largest absolute Gasteiger partial charge is 0.468 e. The highest BCUT2D eigenvalue weighted by Gasteiger charge is 2.36. The summed E-state index contributed by atoms with van der Waals surface area (Å²) < 4.78 is 4.48. The van der Waals surface area contributed by atoms with Crippen LogP contribution in [0.5, 0.6) is 0 Å². The summed E-state index contributed by atoms with van der Waals surface area (Å²) >= 11 is 0. The number of esters is 1. The van der Waals surface area contributed by atoms with E-state index in [1.165, 1.54) is 20.0 Å². The molecule has 1 aliphatic rings. The molecule has 0 saturated heterocycles. The maximum absolute atomic E-state index is 10.6. The fourth-order valence-electron chi connectivity index (χ4n) is 0.929. The predicted octanol–water partition coefficient (Wildman–Crippen LogP) is 0.549. The third kappa shape index (κ3) is 2.89. The van der Waals surface area contributed by atoms with Gasteiger partial charge in [0.25, 0.3) is 0 Å². The van der Waals surface area contributed by atoms with Crippen molar-refractivity contribution in [1.29, 1.82) is 0 Å². The number of methoxy groups -OCH3 is 1. The Kier molecular flexibility index (Phi) is 2.49. The molecule has 0 aromatic rings. The lowest BCUT2D eigenvalue weighted by molar-refractivity contribution is -0.139. The molecule has 11 heavy (non-hydrogen) atoms. The maximum atomic E-state index is 10.6. The van der Waals surface area contributed by atoms with Gasteiger partial charge in [-0.3, -0.25) is 4.79 Å². The Morgan fingerprint density at radius 2 is 2.27 bits per heavy atom. The van der Waals surface area contributed by atoms with Gasteiger partial charge in [0.2, 0.25) is 0 Å². The monoisotopic (exact) mass is 157 g/mol. The highest BCUT2D eigenvalue weighted by Crippen LogP contribution is 2.43. The van der Waals surface area contributed by atoms with Crippen LogP contribution in [0.2, 0.25) is 0 Å². The molecule has 64 valence electrons. The average Bonchev–Trinajstić information content (AvgIpc) is 2.68. The van der Waals surface area contributed by atoms with Gasteiger partial charge >= 0.3 is 5.97 Å². The molecule has 0 atom stereocenters. The molecule has 0 spiro atoms. The topological polar surface area (TPSA) is 38.3 Å². The van der Waals surface area contributed by atoms with Crippen LogP contribution in [0.3, 0.4) is 0 Å². The van der Waals surface area contributed by atoms with Gasteiger partial charge in [-0.2, -0.15) is 0 Å². The minimum Gasteiger partial charge on any atom is -0.468 e. The predicted molar refractivity (Wildman–Crippen MR) is 42.2 cm³/mol. The molecule has 0 aromatic heterocycles. The number of carbonyl (C=O) groups excluding carboxylic acids is 1. The average molecular weight is 157 g/mol. The molecule has 0 unspecified atom stereocenters. The Balaban J connectivity index is 2.00. The first kappa shape index (κ1) is 8.53. The van der Waals surface area contributed by atoms with Gasteiger partial charge in [0.15, 0.2) is 0 Å². The lowest BCUT2D eigenvalue weighted by Crippen LogP contribution is -2.28. The molecule has 0 aliphatic heterocycles. The Hall–Kier alpha value is -0.570. The summed E-state index contributed by atoms with van der Waals surface area (Å²) in [6, 6.07) is 0. The first-order chi connectivity index (χ1) is 5.16. The van der Waals surface area contributed by atoms with Crippen LogP contribution in [0.15, 0.2) is 0 Å². The zero-order chi connectivity index (χ0) is 8.32. The Labute approximate surface area is 67.1 Å². The van der Waals surface area contributed by atoms with Crippen molar-refractivity contribution in [1.82, 2.24) is 5.32 Å². The molecule has 1 aliphatic carbocycles. The van der Waals surface area contributed by atoms with Gasteiger partial charge in [-0.1, -0.05) is 6.92 Å². The van der Waals surface area contributed by atoms with Crippen molar-refractivity contribution in [3.63, 3.8) is 0 Å². The van der Waals surface area contributed by atoms with Crippen molar-refractivity contribution in [2.45, 2.75) is 19.8 Å². The van der Waals surface area contributed by atoms with Gasteiger partial charge < -0.3 is 10.1 Å². The summed E-state index contributed by atoms with van der Waals surface area (Å²) in [5, 5.41) is 3.06. The van der Waals surface area contributed by atoms with Crippen molar-refractivity contribution < 1.29 is 9.53 Å². The summed E-state index contributed by atoms with van der Waals surface area (Å²) in [4.78, 5) is 10.6. The number of carbonyl (C=O) groups is 1. The highest BCUT2D eigenvalue weighted by atomic mass is 16.5. The van der Waals surface area contributed by atoms with Gasteiger partial charge in [0.05, 0.1) is 13.7 Å². The molecular weight excluding hydrogens is 142 g/mol. The molecule has 0 bridgehead atoms. The molecule has 0 amide bonds. The third-order valence-electron chi connectivity index (χ3n) is 2.15. The SMILES string of the molecule is COC(=O)CNCC1(C)CC1. The second-order valence-electron chi connectivity index (χ2n) is 3.49. The lowest BCUT2D eigenvalue weighted by atomic mass is 10.1. The van der Waals surface area contributed by atoms with Crippen LogP contribution in [0, 0.1) is 5.41 Å². The molecular formula is C8H15NO2. The fraction of sp³-hybridized carbons (Fsp3) is 0.875. The van der Waals surface area contributed by atoms with Crippen LogP contribution >= 0.6 is 0 Å². The van der Waals surface area contributed by atoms with Gasteiger partial charge in [-0.15, -0.1) is 0 Å². The summed E-state index contributed by atoms with van der Waals surface area (Å²) in [5.41, 5.74) is 0.466. The second-order valence-corrected chi connectivity index (χ2v) is 3.49. The summed E-state index contributed by atoms with van der Waals surface area (Å²) in [5.74, 6) is -0.186. The van der Waals surface area contributed by atoms with E-state index in [1.54, 1.807) is 0 Å². The van der Waals surface area contributed by atoms with Crippen LogP contribution < -0.4 is 5.32 Å². The van der Waals surface area contributed by atoms with E-state index < -0.39 is 0 Å². The van der Waals surface area contributed by atoms with Gasteiger partial charge in [-0.25, -0.2) is 0 Å². The first-order valence-electron chi connectivity index (χ1n) is 3.94. The van der Waals surface area contributed by atoms with E-state index in [0.717, 1.165) is 6.54 Å². The Bertz CT molecular complexity index is 152. The molecule has 1 fully saturated rings. The minimum atomic E-state index is -0.186. The van der Waals surface area contributed by atoms with E-state index in [-0.39, 0.29) is 5.97 Å². The van der Waals surface area contributed by atoms with Gasteiger partial charge in [-0.05, 0) is 18.3 Å². The minimum absolute atomic E-state index is 0.186. The van der Waals surface area contributed by atoms with Crippen molar-refractivity contribution in [3.8, 4) is 0 Å². The van der Waals surface area contributed by atoms with E-state index in [4.69, 9.17) is 0 Å². The summed E-state index contributed by atoms with van der Waals surface area (Å²) in [6.07, 6.45) is 2.56. The normalized spacial score (nSPS) is 19.5. The summed E-state index contributed by atoms with van der Waals surface area (Å²) in [7, 11) is 1.41. The first-order valence-corrected chi connectivity index (χ1v) is 3.94. The molecule has 1 saturated carbocycles. The molecule has 0 aromatic carbocycles. The van der Waals surface area contributed by atoms with Crippen molar-refractivity contribution in [3.05, 3.63) is 0 Å². The number of rotatable bonds is 4. The molecule has 1 rings (SSSR count). The zero-order valence-electron chi connectivity index (χ0n) is 7.14. The van der Waals surface area contributed by atoms with E-state index in [1.807, 2.05) is 0 Å². The smallest absolute Gasteiger partial charge is 0.319 e. The van der Waals surface area contributed by atoms with Crippen molar-refractivity contribution in [2.24, 2.45) is 5.41 Å². The standard InChI is InChI=1S/C8H15NO2/c1-8(3-4-8)6-9-5-7(10)11-2/h9H,3-6H2,1-2H3. The number of ether oxygens (including phenoxy) is 1. The molecule has 0 radical (unpaired) electrons. The summed E-state index contributed by atoms with van der Waals surface area (Å²) in [6.45, 7) is 3.49. The number of hydrogen-bond donors (Lipinski definition) is 1. The second kappa shape index (κ2) is 3.22. The van der Waals surface area contributed by atoms with Crippen molar-refractivity contribution >= 4 is 5.97 Å². The van der Waals surface area contributed by atoms with Crippen LogP contribution in [-0.2, 0) is 9.53 Å². The fourth-order valence-corrected chi connectivity index (χ4v) is 0.929. The quantitative estimate of drug-likeness (QED) is 0.606. The van der Waals surface area contributed by atoms with Crippen LogP contribution in [0.1, 0.15) is 19.8 Å². The lowest BCUT2D eigenvalue weighted by Gasteiger charge is -2.07. The number of nitrogens with one attached hydrogen (secondary N) is 1. The van der Waals surface area contributed by atoms with E-state index >= 15 is 0 Å². The van der Waals surface area contributed by atoms with E-state index in [0.29, 0.717) is 12.0 Å². The highest BCUT2D eigenvalue weighted by molar-refractivity contribution is 5.71. The Morgan fingerprint density at radius 1 is 1.64 bits per heavy atom. The van der Waals surface area contributed by atoms with Gasteiger partial charge in [0, 0.05) is 6.54 Å². The van der Waals surface area contributed by atoms with E-state index in [2.05, 4.69) is 17.0 Å².